The van der Waals surface area contributed by atoms with Gasteiger partial charge in [-0.1, -0.05) is 11.6 Å². The lowest BCUT2D eigenvalue weighted by molar-refractivity contribution is -0.137. The number of nitrogens with two attached hydrogens (primary N) is 1. The van der Waals surface area contributed by atoms with Gasteiger partial charge in [0.15, 0.2) is 5.72 Å². The van der Waals surface area contributed by atoms with E-state index in [2.05, 4.69) is 10.4 Å². The zero-order valence-corrected chi connectivity index (χ0v) is 22.0. The molecule has 2 heterocycles. The maximum atomic E-state index is 15.7. The number of nitrogens with zero attached hydrogens (tertiary/aromatic N) is 2. The average Bonchev–Trinajstić information content (AvgIpc) is 3.35. The SMILES string of the molecule is Cn1nc2c3c(c(-c4c(F)cc(C(F)(F)F)cc4C(N)=O)cc2c1CCC(F)F)C(O)(c1cc(F)ccc1Cl)NC3=O. The Morgan fingerprint density at radius 1 is 1.17 bits per heavy atom. The lowest BCUT2D eigenvalue weighted by Gasteiger charge is -2.28. The van der Waals surface area contributed by atoms with Crippen LogP contribution in [-0.2, 0) is 25.4 Å². The van der Waals surface area contributed by atoms with E-state index in [4.69, 9.17) is 17.3 Å². The number of aliphatic hydroxyl groups is 1. The predicted molar refractivity (Wildman–Crippen MR) is 136 cm³/mol. The van der Waals surface area contributed by atoms with Crippen molar-refractivity contribution < 1.29 is 45.4 Å². The third kappa shape index (κ3) is 4.64. The minimum Gasteiger partial charge on any atom is -0.366 e. The molecule has 2 amide bonds. The van der Waals surface area contributed by atoms with Gasteiger partial charge < -0.3 is 16.2 Å². The molecule has 0 spiro atoms. The standard InChI is InChI=1S/C27H18ClF7N4O3/c1-39-18(4-5-19(31)32)12-9-13(20-14(24(36)40)6-10(7-17(20)30)27(33,34)35)22-21(23(12)38-39)25(41)37-26(22,42)15-8-11(29)2-3-16(15)28/h2-3,6-9,19,42H,4-5H2,1H3,(H2,36,40)(H,37,41). The van der Waals surface area contributed by atoms with Gasteiger partial charge >= 0.3 is 6.18 Å². The lowest BCUT2D eigenvalue weighted by Crippen LogP contribution is -2.41. The van der Waals surface area contributed by atoms with E-state index in [1.54, 1.807) is 0 Å². The third-order valence-corrected chi connectivity index (χ3v) is 7.33. The average molecular weight is 615 g/mol. The summed E-state index contributed by atoms with van der Waals surface area (Å²) in [6.07, 6.45) is -8.75. The van der Waals surface area contributed by atoms with Gasteiger partial charge in [-0.2, -0.15) is 18.3 Å². The molecule has 0 saturated carbocycles. The zero-order chi connectivity index (χ0) is 30.9. The van der Waals surface area contributed by atoms with Gasteiger partial charge in [0.1, 0.15) is 17.2 Å². The predicted octanol–water partition coefficient (Wildman–Crippen LogP) is 5.42. The number of halogens is 8. The molecule has 1 aliphatic heterocycles. The number of alkyl halides is 5. The lowest BCUT2D eigenvalue weighted by atomic mass is 9.83. The summed E-state index contributed by atoms with van der Waals surface area (Å²) in [5.74, 6) is -5.03. The highest BCUT2D eigenvalue weighted by molar-refractivity contribution is 6.31. The Hall–Kier alpha value is -4.17. The number of rotatable bonds is 6. The van der Waals surface area contributed by atoms with Crippen LogP contribution in [0.4, 0.5) is 30.7 Å². The van der Waals surface area contributed by atoms with Crippen molar-refractivity contribution in [3.05, 3.63) is 86.6 Å². The van der Waals surface area contributed by atoms with Crippen molar-refractivity contribution in [1.82, 2.24) is 15.1 Å². The summed E-state index contributed by atoms with van der Waals surface area (Å²) < 4.78 is 98.0. The molecule has 1 aliphatic rings. The molecule has 4 N–H and O–H groups in total. The smallest absolute Gasteiger partial charge is 0.366 e. The van der Waals surface area contributed by atoms with Crippen molar-refractivity contribution in [1.29, 1.82) is 0 Å². The molecular formula is C27H18ClF7N4O3. The number of primary amides is 1. The minimum atomic E-state index is -5.09. The molecule has 5 rings (SSSR count). The molecular weight excluding hydrogens is 597 g/mol. The summed E-state index contributed by atoms with van der Waals surface area (Å²) in [5.41, 5.74) is -2.61. The topological polar surface area (TPSA) is 110 Å². The van der Waals surface area contributed by atoms with E-state index in [0.717, 1.165) is 24.3 Å². The van der Waals surface area contributed by atoms with Crippen LogP contribution < -0.4 is 11.1 Å². The molecule has 0 aliphatic carbocycles. The van der Waals surface area contributed by atoms with Crippen LogP contribution in [0.2, 0.25) is 5.02 Å². The van der Waals surface area contributed by atoms with Crippen molar-refractivity contribution in [2.45, 2.75) is 31.2 Å². The Kier molecular flexibility index (Phi) is 6.97. The molecule has 42 heavy (non-hydrogen) atoms. The molecule has 0 bridgehead atoms. The second-order valence-electron chi connectivity index (χ2n) is 9.60. The summed E-state index contributed by atoms with van der Waals surface area (Å²) in [7, 11) is 1.38. The second kappa shape index (κ2) is 9.98. The fraction of sp³-hybridized carbons (Fsp3) is 0.222. The summed E-state index contributed by atoms with van der Waals surface area (Å²) in [6, 6.07) is 4.28. The van der Waals surface area contributed by atoms with Crippen molar-refractivity contribution in [3.63, 3.8) is 0 Å². The van der Waals surface area contributed by atoms with E-state index in [1.807, 2.05) is 0 Å². The summed E-state index contributed by atoms with van der Waals surface area (Å²) in [6.45, 7) is 0. The van der Waals surface area contributed by atoms with Crippen molar-refractivity contribution >= 4 is 34.3 Å². The Bertz CT molecular complexity index is 1810. The maximum Gasteiger partial charge on any atom is 0.416 e. The normalized spacial score (nSPS) is 16.8. The van der Waals surface area contributed by atoms with Crippen LogP contribution >= 0.6 is 11.6 Å². The van der Waals surface area contributed by atoms with Crippen LogP contribution in [0, 0.1) is 11.6 Å². The van der Waals surface area contributed by atoms with E-state index >= 15 is 4.39 Å². The van der Waals surface area contributed by atoms with Gasteiger partial charge in [0.2, 0.25) is 12.3 Å². The highest BCUT2D eigenvalue weighted by Crippen LogP contribution is 2.48. The Balaban J connectivity index is 1.96. The van der Waals surface area contributed by atoms with E-state index < -0.39 is 87.1 Å². The molecule has 15 heteroatoms. The molecule has 0 radical (unpaired) electrons. The first-order valence-corrected chi connectivity index (χ1v) is 12.4. The molecule has 1 aromatic heterocycles. The molecule has 220 valence electrons. The summed E-state index contributed by atoms with van der Waals surface area (Å²) in [4.78, 5) is 25.8. The number of amides is 2. The molecule has 1 unspecified atom stereocenters. The van der Waals surface area contributed by atoms with Crippen LogP contribution in [0.1, 0.15) is 49.5 Å². The first kappa shape index (κ1) is 29.3. The molecule has 4 aromatic rings. The number of carbonyl (C=O) groups is 2. The number of carbonyl (C=O) groups excluding carboxylic acids is 2. The first-order valence-electron chi connectivity index (χ1n) is 12.1. The third-order valence-electron chi connectivity index (χ3n) is 7.00. The number of nitrogens with one attached hydrogen (secondary N) is 1. The number of hydrogen-bond donors (Lipinski definition) is 3. The van der Waals surface area contributed by atoms with Crippen molar-refractivity contribution in [2.24, 2.45) is 12.8 Å². The van der Waals surface area contributed by atoms with Gasteiger partial charge in [-0.15, -0.1) is 0 Å². The fourth-order valence-electron chi connectivity index (χ4n) is 5.22. The van der Waals surface area contributed by atoms with E-state index in [9.17, 15) is 41.0 Å². The van der Waals surface area contributed by atoms with E-state index in [1.165, 1.54) is 11.7 Å². The molecule has 3 aromatic carbocycles. The van der Waals surface area contributed by atoms with Gasteiger partial charge in [0, 0.05) is 46.3 Å². The number of hydrogen-bond acceptors (Lipinski definition) is 4. The Labute approximate surface area is 236 Å². The Morgan fingerprint density at radius 2 is 1.86 bits per heavy atom. The van der Waals surface area contributed by atoms with Gasteiger partial charge in [-0.05, 0) is 48.4 Å². The van der Waals surface area contributed by atoms with Crippen LogP contribution in [0.5, 0.6) is 0 Å². The summed E-state index contributed by atoms with van der Waals surface area (Å²) >= 11 is 6.24. The molecule has 0 fully saturated rings. The second-order valence-corrected chi connectivity index (χ2v) is 10.0. The van der Waals surface area contributed by atoms with E-state index in [-0.39, 0.29) is 34.1 Å². The van der Waals surface area contributed by atoms with Crippen LogP contribution in [0.25, 0.3) is 22.0 Å². The van der Waals surface area contributed by atoms with E-state index in [0.29, 0.717) is 6.07 Å². The van der Waals surface area contributed by atoms with Crippen molar-refractivity contribution in [2.75, 3.05) is 0 Å². The van der Waals surface area contributed by atoms with Gasteiger partial charge in [0.25, 0.3) is 5.91 Å². The number of aryl methyl sites for hydroxylation is 2. The largest absolute Gasteiger partial charge is 0.416 e. The monoisotopic (exact) mass is 614 g/mol. The molecule has 0 saturated heterocycles. The van der Waals surface area contributed by atoms with Gasteiger partial charge in [-0.3, -0.25) is 14.3 Å². The molecule has 1 atom stereocenters. The fourth-order valence-corrected chi connectivity index (χ4v) is 5.48. The quantitative estimate of drug-likeness (QED) is 0.252. The van der Waals surface area contributed by atoms with Crippen LogP contribution in [0.15, 0.2) is 36.4 Å². The van der Waals surface area contributed by atoms with Crippen LogP contribution in [-0.4, -0.2) is 33.1 Å². The zero-order valence-electron chi connectivity index (χ0n) is 21.2. The number of fused-ring (bicyclic) bond motifs is 3. The number of benzene rings is 3. The first-order chi connectivity index (χ1) is 19.5. The van der Waals surface area contributed by atoms with Crippen LogP contribution in [0.3, 0.4) is 0 Å². The summed E-state index contributed by atoms with van der Waals surface area (Å²) in [5, 5.41) is 18.1. The van der Waals surface area contributed by atoms with Gasteiger partial charge in [-0.25, -0.2) is 17.6 Å². The van der Waals surface area contributed by atoms with Crippen molar-refractivity contribution in [3.8, 4) is 11.1 Å². The molecule has 7 nitrogen and oxygen atoms in total. The van der Waals surface area contributed by atoms with Gasteiger partial charge in [0.05, 0.1) is 16.7 Å². The highest BCUT2D eigenvalue weighted by Gasteiger charge is 2.49. The Morgan fingerprint density at radius 3 is 2.48 bits per heavy atom. The highest BCUT2D eigenvalue weighted by atomic mass is 35.5. The number of aromatic nitrogens is 2. The minimum absolute atomic E-state index is 0.00589. The maximum absolute atomic E-state index is 15.7.